The van der Waals surface area contributed by atoms with Crippen LogP contribution in [0.15, 0.2) is 66.7 Å². The Morgan fingerprint density at radius 2 is 1.55 bits per heavy atom. The van der Waals surface area contributed by atoms with E-state index in [1.807, 2.05) is 12.1 Å². The first kappa shape index (κ1) is 21.3. The molecule has 0 saturated heterocycles. The first-order chi connectivity index (χ1) is 16.0. The van der Waals surface area contributed by atoms with Crippen molar-refractivity contribution in [1.82, 2.24) is 0 Å². The van der Waals surface area contributed by atoms with Crippen LogP contribution in [0.4, 0.5) is 0 Å². The quantitative estimate of drug-likeness (QED) is 0.350. The number of methoxy groups -OCH3 is 2. The first-order valence-electron chi connectivity index (χ1n) is 11.4. The fourth-order valence-corrected chi connectivity index (χ4v) is 5.05. The van der Waals surface area contributed by atoms with Crippen LogP contribution in [-0.4, -0.2) is 44.4 Å². The van der Waals surface area contributed by atoms with Gasteiger partial charge in [-0.15, -0.1) is 0 Å². The van der Waals surface area contributed by atoms with Crippen molar-refractivity contribution in [2.24, 2.45) is 5.92 Å². The molecule has 0 fully saturated rings. The summed E-state index contributed by atoms with van der Waals surface area (Å²) in [5.41, 5.74) is 3.03. The van der Waals surface area contributed by atoms with Crippen molar-refractivity contribution in [2.45, 2.75) is 19.9 Å². The Morgan fingerprint density at radius 3 is 2.21 bits per heavy atom. The van der Waals surface area contributed by atoms with Crippen LogP contribution in [0.2, 0.25) is 0 Å². The van der Waals surface area contributed by atoms with Crippen LogP contribution in [0.3, 0.4) is 0 Å². The third-order valence-electron chi connectivity index (χ3n) is 6.78. The summed E-state index contributed by atoms with van der Waals surface area (Å²) < 4.78 is 20.7. The molecule has 4 heteroatoms. The predicted octanol–water partition coefficient (Wildman–Crippen LogP) is 6.12. The molecule has 0 aromatic heterocycles. The molecule has 0 spiro atoms. The molecular formula is C29H30NO3+. The fourth-order valence-electron chi connectivity index (χ4n) is 5.05. The molecule has 0 N–H and O–H groups in total. The van der Waals surface area contributed by atoms with Crippen molar-refractivity contribution < 1.29 is 18.8 Å². The normalized spacial score (nSPS) is 16.0. The highest BCUT2D eigenvalue weighted by molar-refractivity contribution is 6.14. The molecule has 168 valence electrons. The van der Waals surface area contributed by atoms with Crippen molar-refractivity contribution in [3.8, 4) is 22.6 Å². The van der Waals surface area contributed by atoms with Crippen molar-refractivity contribution in [1.29, 1.82) is 0 Å². The van der Waals surface area contributed by atoms with E-state index in [0.717, 1.165) is 55.6 Å². The lowest BCUT2D eigenvalue weighted by Crippen LogP contribution is -2.28. The molecule has 0 bridgehead atoms. The summed E-state index contributed by atoms with van der Waals surface area (Å²) in [6, 6.07) is 23.4. The lowest BCUT2D eigenvalue weighted by atomic mass is 9.90. The minimum atomic E-state index is 0.316. The van der Waals surface area contributed by atoms with Crippen LogP contribution < -0.4 is 9.47 Å². The van der Waals surface area contributed by atoms with E-state index < -0.39 is 0 Å². The Bertz CT molecular complexity index is 1390. The molecule has 0 saturated carbocycles. The SMILES string of the molecule is COc1cc2ccccc2c(C2=[N+](C)[C@@H](C(C)C)CO2)c1-c1ccc2ccccc2c1OC. The van der Waals surface area contributed by atoms with E-state index in [1.165, 1.54) is 0 Å². The molecule has 4 nitrogen and oxygen atoms in total. The van der Waals surface area contributed by atoms with Crippen LogP contribution >= 0.6 is 0 Å². The molecule has 1 aliphatic heterocycles. The average molecular weight is 441 g/mol. The first-order valence-corrected chi connectivity index (χ1v) is 11.4. The third-order valence-corrected chi connectivity index (χ3v) is 6.78. The van der Waals surface area contributed by atoms with Crippen molar-refractivity contribution in [3.05, 3.63) is 72.3 Å². The maximum Gasteiger partial charge on any atom is 0.371 e. The van der Waals surface area contributed by atoms with Crippen molar-refractivity contribution in [3.63, 3.8) is 0 Å². The Hall–Kier alpha value is -3.53. The van der Waals surface area contributed by atoms with Gasteiger partial charge in [0.25, 0.3) is 0 Å². The molecule has 0 amide bonds. The second kappa shape index (κ2) is 8.43. The Labute approximate surface area is 195 Å². The zero-order valence-corrected chi connectivity index (χ0v) is 19.9. The zero-order chi connectivity index (χ0) is 23.1. The predicted molar refractivity (Wildman–Crippen MR) is 135 cm³/mol. The number of benzene rings is 4. The average Bonchev–Trinajstić information content (AvgIpc) is 3.23. The van der Waals surface area contributed by atoms with E-state index in [2.05, 4.69) is 80.1 Å². The number of ether oxygens (including phenoxy) is 3. The summed E-state index contributed by atoms with van der Waals surface area (Å²) in [6.07, 6.45) is 0. The van der Waals surface area contributed by atoms with Gasteiger partial charge in [-0.05, 0) is 22.9 Å². The Morgan fingerprint density at radius 1 is 0.848 bits per heavy atom. The fraction of sp³-hybridized carbons (Fsp3) is 0.276. The monoisotopic (exact) mass is 440 g/mol. The summed E-state index contributed by atoms with van der Waals surface area (Å²) >= 11 is 0. The molecule has 1 heterocycles. The molecule has 5 rings (SSSR count). The van der Waals surface area contributed by atoms with E-state index in [9.17, 15) is 0 Å². The van der Waals surface area contributed by atoms with Gasteiger partial charge in [-0.25, -0.2) is 0 Å². The van der Waals surface area contributed by atoms with E-state index >= 15 is 0 Å². The summed E-state index contributed by atoms with van der Waals surface area (Å²) in [5.74, 6) is 3.00. The summed E-state index contributed by atoms with van der Waals surface area (Å²) in [6.45, 7) is 5.15. The molecule has 33 heavy (non-hydrogen) atoms. The highest BCUT2D eigenvalue weighted by atomic mass is 16.5. The van der Waals surface area contributed by atoms with Gasteiger partial charge in [0.15, 0.2) is 12.6 Å². The Kier molecular flexibility index (Phi) is 5.45. The Balaban J connectivity index is 1.92. The number of hydrogen-bond acceptors (Lipinski definition) is 3. The number of likely N-dealkylation sites (N-methyl/N-ethyl adjacent to an activating group) is 1. The summed E-state index contributed by atoms with van der Waals surface area (Å²) in [7, 11) is 5.59. The summed E-state index contributed by atoms with van der Waals surface area (Å²) in [5, 5.41) is 4.46. The van der Waals surface area contributed by atoms with Crippen LogP contribution in [0.1, 0.15) is 19.4 Å². The van der Waals surface area contributed by atoms with Gasteiger partial charge in [-0.2, -0.15) is 4.58 Å². The number of nitrogens with zero attached hydrogens (tertiary/aromatic N) is 1. The van der Waals surface area contributed by atoms with Crippen molar-refractivity contribution >= 4 is 27.4 Å². The highest BCUT2D eigenvalue weighted by Crippen LogP contribution is 2.45. The maximum atomic E-state index is 6.40. The van der Waals surface area contributed by atoms with Crippen LogP contribution in [0.5, 0.6) is 11.5 Å². The van der Waals surface area contributed by atoms with E-state index in [-0.39, 0.29) is 0 Å². The van der Waals surface area contributed by atoms with Gasteiger partial charge in [-0.3, -0.25) is 0 Å². The van der Waals surface area contributed by atoms with Crippen LogP contribution in [0, 0.1) is 5.92 Å². The lowest BCUT2D eigenvalue weighted by molar-refractivity contribution is -0.534. The number of rotatable bonds is 5. The zero-order valence-electron chi connectivity index (χ0n) is 19.9. The van der Waals surface area contributed by atoms with Crippen molar-refractivity contribution in [2.75, 3.05) is 27.9 Å². The minimum absolute atomic E-state index is 0.316. The molecule has 1 aliphatic rings. The minimum Gasteiger partial charge on any atom is -0.496 e. The van der Waals surface area contributed by atoms with Gasteiger partial charge in [-0.1, -0.05) is 68.4 Å². The third kappa shape index (κ3) is 3.41. The largest absolute Gasteiger partial charge is 0.496 e. The molecule has 4 aromatic carbocycles. The van der Waals surface area contributed by atoms with Gasteiger partial charge in [0.2, 0.25) is 0 Å². The second-order valence-corrected chi connectivity index (χ2v) is 8.96. The van der Waals surface area contributed by atoms with E-state index in [1.54, 1.807) is 14.2 Å². The topological polar surface area (TPSA) is 30.7 Å². The lowest BCUT2D eigenvalue weighted by Gasteiger charge is -2.19. The number of fused-ring (bicyclic) bond motifs is 2. The maximum absolute atomic E-state index is 6.40. The molecule has 0 radical (unpaired) electrons. The standard InChI is InChI=1S/C29H30NO3/c1-18(2)24-17-33-29(30(24)3)27-21-12-8-7-11-20(21)16-25(31-4)26(27)23-15-14-19-10-6-9-13-22(19)28(23)32-5/h6-16,18,24H,17H2,1-5H3/q+1/t24-/m1/s1. The molecule has 0 aliphatic carbocycles. The van der Waals surface area contributed by atoms with Gasteiger partial charge in [0.1, 0.15) is 24.1 Å². The van der Waals surface area contributed by atoms with Crippen LogP contribution in [-0.2, 0) is 4.74 Å². The highest BCUT2D eigenvalue weighted by Gasteiger charge is 2.38. The molecule has 0 unspecified atom stereocenters. The molecular weight excluding hydrogens is 410 g/mol. The van der Waals surface area contributed by atoms with E-state index in [4.69, 9.17) is 14.2 Å². The van der Waals surface area contributed by atoms with Gasteiger partial charge in [0.05, 0.1) is 14.2 Å². The second-order valence-electron chi connectivity index (χ2n) is 8.96. The van der Waals surface area contributed by atoms with E-state index in [0.29, 0.717) is 18.6 Å². The van der Waals surface area contributed by atoms with Gasteiger partial charge >= 0.3 is 5.90 Å². The number of hydrogen-bond donors (Lipinski definition) is 0. The van der Waals surface area contributed by atoms with Gasteiger partial charge < -0.3 is 14.2 Å². The smallest absolute Gasteiger partial charge is 0.371 e. The van der Waals surface area contributed by atoms with Gasteiger partial charge in [0, 0.05) is 27.8 Å². The molecule has 4 aromatic rings. The molecule has 1 atom stereocenters. The summed E-state index contributed by atoms with van der Waals surface area (Å²) in [4.78, 5) is 0. The van der Waals surface area contributed by atoms with Crippen LogP contribution in [0.25, 0.3) is 32.7 Å².